The molecule has 2 fully saturated rings. The summed E-state index contributed by atoms with van der Waals surface area (Å²) in [6.07, 6.45) is 4.31. The number of carbonyl (C=O) groups excluding carboxylic acids is 1. The van der Waals surface area contributed by atoms with Crippen molar-refractivity contribution in [3.05, 3.63) is 5.82 Å². The molecule has 1 amide bonds. The molecule has 6 nitrogen and oxygen atoms in total. The lowest BCUT2D eigenvalue weighted by Gasteiger charge is -2.40. The smallest absolute Gasteiger partial charge is 0.226 e. The summed E-state index contributed by atoms with van der Waals surface area (Å²) in [6.45, 7) is 11.0. The molecule has 1 aromatic heterocycles. The summed E-state index contributed by atoms with van der Waals surface area (Å²) in [4.78, 5) is 19.4. The zero-order chi connectivity index (χ0) is 18.1. The van der Waals surface area contributed by atoms with Gasteiger partial charge in [-0.2, -0.15) is 4.37 Å². The van der Waals surface area contributed by atoms with Gasteiger partial charge in [-0.1, -0.05) is 20.8 Å². The Hall–Kier alpha value is -1.21. The molecule has 0 spiro atoms. The molecule has 1 saturated heterocycles. The van der Waals surface area contributed by atoms with E-state index in [-0.39, 0.29) is 11.3 Å². The highest BCUT2D eigenvalue weighted by atomic mass is 32.1. The van der Waals surface area contributed by atoms with Crippen LogP contribution in [0.5, 0.6) is 0 Å². The fourth-order valence-corrected chi connectivity index (χ4v) is 4.12. The van der Waals surface area contributed by atoms with Gasteiger partial charge in [0.2, 0.25) is 11.0 Å². The number of amides is 1. The monoisotopic (exact) mass is 366 g/mol. The average molecular weight is 367 g/mol. The number of hydrogen-bond acceptors (Lipinski definition) is 6. The van der Waals surface area contributed by atoms with Crippen LogP contribution in [0, 0.1) is 11.3 Å². The molecule has 2 aliphatic rings. The lowest BCUT2D eigenvalue weighted by molar-refractivity contribution is -0.132. The SMILES string of the molecule is CCCc1nsc(N2CCOC(C)(CNC(=O)C(C)(C)C3CC3)C2)n1. The van der Waals surface area contributed by atoms with Gasteiger partial charge < -0.3 is 15.0 Å². The average Bonchev–Trinajstić information content (AvgIpc) is 3.34. The number of rotatable bonds is 7. The summed E-state index contributed by atoms with van der Waals surface area (Å²) in [5.74, 6) is 1.59. The fraction of sp³-hybridized carbons (Fsp3) is 0.833. The molecule has 1 aromatic rings. The second-order valence-corrected chi connectivity index (χ2v) is 8.87. The Morgan fingerprint density at radius 3 is 2.92 bits per heavy atom. The van der Waals surface area contributed by atoms with E-state index in [0.717, 1.165) is 36.9 Å². The van der Waals surface area contributed by atoms with Crippen molar-refractivity contribution < 1.29 is 9.53 Å². The molecule has 0 bridgehead atoms. The van der Waals surface area contributed by atoms with Crippen molar-refractivity contribution >= 4 is 22.6 Å². The third-order valence-electron chi connectivity index (χ3n) is 5.34. The second-order valence-electron chi connectivity index (χ2n) is 8.14. The highest BCUT2D eigenvalue weighted by Crippen LogP contribution is 2.45. The number of nitrogens with one attached hydrogen (secondary N) is 1. The maximum Gasteiger partial charge on any atom is 0.226 e. The minimum Gasteiger partial charge on any atom is -0.370 e. The molecule has 140 valence electrons. The van der Waals surface area contributed by atoms with Crippen LogP contribution in [0.25, 0.3) is 0 Å². The molecule has 1 aliphatic heterocycles. The largest absolute Gasteiger partial charge is 0.370 e. The molecule has 0 radical (unpaired) electrons. The Labute approximate surface area is 154 Å². The molecule has 1 saturated carbocycles. The molecule has 1 N–H and O–H groups in total. The van der Waals surface area contributed by atoms with E-state index < -0.39 is 5.60 Å². The number of hydrogen-bond donors (Lipinski definition) is 1. The summed E-state index contributed by atoms with van der Waals surface area (Å²) < 4.78 is 10.5. The standard InChI is InChI=1S/C18H30N4O2S/c1-5-6-14-20-16(25-21-14)22-9-10-24-18(4,12-22)11-19-15(23)17(2,3)13-7-8-13/h13H,5-12H2,1-4H3,(H,19,23). The zero-order valence-corrected chi connectivity index (χ0v) is 16.6. The van der Waals surface area contributed by atoms with Crippen LogP contribution in [0.15, 0.2) is 0 Å². The Bertz CT molecular complexity index is 614. The topological polar surface area (TPSA) is 67.3 Å². The Morgan fingerprint density at radius 2 is 2.24 bits per heavy atom. The first-order valence-electron chi connectivity index (χ1n) is 9.34. The van der Waals surface area contributed by atoms with Gasteiger partial charge in [-0.3, -0.25) is 4.79 Å². The maximum absolute atomic E-state index is 12.6. The van der Waals surface area contributed by atoms with E-state index in [2.05, 4.69) is 33.4 Å². The summed E-state index contributed by atoms with van der Waals surface area (Å²) >= 11 is 1.46. The lowest BCUT2D eigenvalue weighted by atomic mass is 9.86. The molecule has 25 heavy (non-hydrogen) atoms. The third kappa shape index (κ3) is 4.31. The third-order valence-corrected chi connectivity index (χ3v) is 6.16. The predicted molar refractivity (Wildman–Crippen MR) is 100.0 cm³/mol. The first kappa shape index (κ1) is 18.6. The van der Waals surface area contributed by atoms with Crippen molar-refractivity contribution in [2.24, 2.45) is 11.3 Å². The van der Waals surface area contributed by atoms with Gasteiger partial charge in [0.15, 0.2) is 0 Å². The number of ether oxygens (including phenoxy) is 1. The van der Waals surface area contributed by atoms with Crippen LogP contribution in [-0.2, 0) is 16.0 Å². The minimum atomic E-state index is -0.399. The Balaban J connectivity index is 1.58. The van der Waals surface area contributed by atoms with Gasteiger partial charge in [0.1, 0.15) is 11.4 Å². The van der Waals surface area contributed by atoms with Gasteiger partial charge in [0.25, 0.3) is 0 Å². The summed E-state index contributed by atoms with van der Waals surface area (Å²) in [7, 11) is 0. The van der Waals surface area contributed by atoms with Crippen molar-refractivity contribution in [3.63, 3.8) is 0 Å². The molecular formula is C18H30N4O2S. The van der Waals surface area contributed by atoms with E-state index in [1.54, 1.807) is 0 Å². The van der Waals surface area contributed by atoms with Gasteiger partial charge in [0, 0.05) is 36.5 Å². The first-order chi connectivity index (χ1) is 11.8. The molecule has 7 heteroatoms. The fourth-order valence-electron chi connectivity index (χ4n) is 3.38. The zero-order valence-electron chi connectivity index (χ0n) is 15.8. The first-order valence-corrected chi connectivity index (χ1v) is 10.1. The van der Waals surface area contributed by atoms with Crippen LogP contribution in [0.2, 0.25) is 0 Å². The van der Waals surface area contributed by atoms with Crippen LogP contribution in [-0.4, -0.2) is 47.1 Å². The van der Waals surface area contributed by atoms with E-state index in [4.69, 9.17) is 4.74 Å². The quantitative estimate of drug-likeness (QED) is 0.803. The van der Waals surface area contributed by atoms with E-state index in [9.17, 15) is 4.79 Å². The summed E-state index contributed by atoms with van der Waals surface area (Å²) in [6, 6.07) is 0. The van der Waals surface area contributed by atoms with Crippen molar-refractivity contribution in [2.45, 2.75) is 59.0 Å². The van der Waals surface area contributed by atoms with Crippen molar-refractivity contribution in [1.29, 1.82) is 0 Å². The number of morpholine rings is 1. The van der Waals surface area contributed by atoms with Crippen molar-refractivity contribution in [2.75, 3.05) is 31.1 Å². The van der Waals surface area contributed by atoms with E-state index in [0.29, 0.717) is 19.1 Å². The van der Waals surface area contributed by atoms with E-state index in [1.807, 2.05) is 13.8 Å². The van der Waals surface area contributed by atoms with Crippen LogP contribution in [0.1, 0.15) is 52.8 Å². The molecule has 0 aromatic carbocycles. The van der Waals surface area contributed by atoms with Gasteiger partial charge in [-0.05, 0) is 32.1 Å². The number of nitrogens with zero attached hydrogens (tertiary/aromatic N) is 3. The summed E-state index contributed by atoms with van der Waals surface area (Å²) in [5, 5.41) is 4.09. The summed E-state index contributed by atoms with van der Waals surface area (Å²) in [5.41, 5.74) is -0.677. The van der Waals surface area contributed by atoms with Crippen LogP contribution in [0.3, 0.4) is 0 Å². The Kier molecular flexibility index (Phi) is 5.34. The highest BCUT2D eigenvalue weighted by molar-refractivity contribution is 7.09. The van der Waals surface area contributed by atoms with Gasteiger partial charge in [-0.15, -0.1) is 0 Å². The van der Waals surface area contributed by atoms with Gasteiger partial charge >= 0.3 is 0 Å². The van der Waals surface area contributed by atoms with Crippen LogP contribution >= 0.6 is 11.5 Å². The molecule has 1 atom stereocenters. The maximum atomic E-state index is 12.6. The molecule has 1 unspecified atom stereocenters. The number of aryl methyl sites for hydroxylation is 1. The van der Waals surface area contributed by atoms with Gasteiger partial charge in [0.05, 0.1) is 13.2 Å². The van der Waals surface area contributed by atoms with Crippen LogP contribution < -0.4 is 10.2 Å². The van der Waals surface area contributed by atoms with E-state index >= 15 is 0 Å². The second kappa shape index (κ2) is 7.19. The molecule has 3 rings (SSSR count). The molecule has 1 aliphatic carbocycles. The van der Waals surface area contributed by atoms with E-state index in [1.165, 1.54) is 24.4 Å². The number of anilines is 1. The van der Waals surface area contributed by atoms with Crippen molar-refractivity contribution in [3.8, 4) is 0 Å². The number of carbonyl (C=O) groups is 1. The molecule has 2 heterocycles. The van der Waals surface area contributed by atoms with Crippen molar-refractivity contribution in [1.82, 2.24) is 14.7 Å². The molecular weight excluding hydrogens is 336 g/mol. The Morgan fingerprint density at radius 1 is 1.48 bits per heavy atom. The highest BCUT2D eigenvalue weighted by Gasteiger charge is 2.44. The lowest BCUT2D eigenvalue weighted by Crippen LogP contribution is -2.56. The predicted octanol–water partition coefficient (Wildman–Crippen LogP) is 2.64. The normalized spacial score (nSPS) is 24.4. The minimum absolute atomic E-state index is 0.137. The number of aromatic nitrogens is 2. The van der Waals surface area contributed by atoms with Gasteiger partial charge in [-0.25, -0.2) is 4.98 Å². The van der Waals surface area contributed by atoms with Crippen LogP contribution in [0.4, 0.5) is 5.13 Å².